The van der Waals surface area contributed by atoms with Gasteiger partial charge in [0.25, 0.3) is 5.97 Å². The summed E-state index contributed by atoms with van der Waals surface area (Å²) in [7, 11) is 0. The van der Waals surface area contributed by atoms with Crippen LogP contribution in [0.15, 0.2) is 0 Å². The van der Waals surface area contributed by atoms with Gasteiger partial charge in [0.05, 0.1) is 12.2 Å². The van der Waals surface area contributed by atoms with Gasteiger partial charge in [-0.3, -0.25) is 0 Å². The fourth-order valence-electron chi connectivity index (χ4n) is 1.22. The van der Waals surface area contributed by atoms with Crippen molar-refractivity contribution in [1.82, 2.24) is 0 Å². The van der Waals surface area contributed by atoms with Gasteiger partial charge in [-0.2, -0.15) is 0 Å². The van der Waals surface area contributed by atoms with Gasteiger partial charge in [-0.25, -0.2) is 0 Å². The topological polar surface area (TPSA) is 27.7 Å². The molecule has 1 fully saturated rings. The number of hydrogen-bond acceptors (Lipinski definition) is 3. The molecule has 0 aliphatic carbocycles. The van der Waals surface area contributed by atoms with E-state index in [0.717, 1.165) is 0 Å². The van der Waals surface area contributed by atoms with E-state index in [0.29, 0.717) is 6.61 Å². The van der Waals surface area contributed by atoms with Gasteiger partial charge in [0.1, 0.15) is 0 Å². The quantitative estimate of drug-likeness (QED) is 0.613. The van der Waals surface area contributed by atoms with E-state index in [1.165, 1.54) is 0 Å². The zero-order valence-electron chi connectivity index (χ0n) is 7.59. The molecule has 3 atom stereocenters. The summed E-state index contributed by atoms with van der Waals surface area (Å²) in [6.45, 7) is 8.29. The fraction of sp³-hybridized carbons (Fsp3) is 1.00. The van der Waals surface area contributed by atoms with Gasteiger partial charge in [-0.05, 0) is 20.8 Å². The molecule has 0 aromatic carbocycles. The van der Waals surface area contributed by atoms with Gasteiger partial charge in [0, 0.05) is 13.5 Å². The van der Waals surface area contributed by atoms with Crippen molar-refractivity contribution in [2.24, 2.45) is 0 Å². The Hall–Kier alpha value is -0.120. The highest BCUT2D eigenvalue weighted by Crippen LogP contribution is 2.28. The lowest BCUT2D eigenvalue weighted by Gasteiger charge is -2.21. The SMILES string of the molecule is CCOC1(C)O[C@@H](C)[C@@H](C)O1. The first-order valence-corrected chi connectivity index (χ1v) is 4.07. The summed E-state index contributed by atoms with van der Waals surface area (Å²) >= 11 is 0. The molecule has 66 valence electrons. The Morgan fingerprint density at radius 2 is 1.73 bits per heavy atom. The van der Waals surface area contributed by atoms with Gasteiger partial charge in [-0.15, -0.1) is 0 Å². The van der Waals surface area contributed by atoms with Gasteiger partial charge >= 0.3 is 0 Å². The molecule has 0 spiro atoms. The molecule has 1 rings (SSSR count). The Morgan fingerprint density at radius 3 is 2.09 bits per heavy atom. The molecule has 1 heterocycles. The number of rotatable bonds is 2. The van der Waals surface area contributed by atoms with Crippen LogP contribution in [0.5, 0.6) is 0 Å². The van der Waals surface area contributed by atoms with E-state index in [2.05, 4.69) is 0 Å². The first-order valence-electron chi connectivity index (χ1n) is 4.07. The van der Waals surface area contributed by atoms with Crippen molar-refractivity contribution in [3.05, 3.63) is 0 Å². The Labute approximate surface area is 67.6 Å². The third-order valence-corrected chi connectivity index (χ3v) is 1.87. The van der Waals surface area contributed by atoms with Crippen LogP contribution in [0.25, 0.3) is 0 Å². The lowest BCUT2D eigenvalue weighted by molar-refractivity contribution is -0.326. The largest absolute Gasteiger partial charge is 0.328 e. The van der Waals surface area contributed by atoms with Crippen molar-refractivity contribution in [3.63, 3.8) is 0 Å². The summed E-state index contributed by atoms with van der Waals surface area (Å²) in [5, 5.41) is 0. The smallest absolute Gasteiger partial charge is 0.280 e. The molecule has 0 amide bonds. The average Bonchev–Trinajstić information content (AvgIpc) is 2.08. The normalized spacial score (nSPS) is 44.7. The second-order valence-electron chi connectivity index (χ2n) is 2.94. The Bertz CT molecular complexity index is 125. The predicted molar refractivity (Wildman–Crippen MR) is 41.1 cm³/mol. The van der Waals surface area contributed by atoms with Crippen molar-refractivity contribution in [2.75, 3.05) is 6.61 Å². The molecule has 0 N–H and O–H groups in total. The highest BCUT2D eigenvalue weighted by atomic mass is 16.9. The highest BCUT2D eigenvalue weighted by Gasteiger charge is 2.40. The second-order valence-corrected chi connectivity index (χ2v) is 2.94. The summed E-state index contributed by atoms with van der Waals surface area (Å²) in [6, 6.07) is 0. The van der Waals surface area contributed by atoms with Crippen LogP contribution in [-0.2, 0) is 14.2 Å². The van der Waals surface area contributed by atoms with Crippen molar-refractivity contribution in [2.45, 2.75) is 45.9 Å². The maximum atomic E-state index is 5.46. The monoisotopic (exact) mass is 160 g/mol. The average molecular weight is 160 g/mol. The number of hydrogen-bond donors (Lipinski definition) is 0. The summed E-state index contributed by atoms with van der Waals surface area (Å²) in [5.41, 5.74) is 0. The third-order valence-electron chi connectivity index (χ3n) is 1.87. The van der Waals surface area contributed by atoms with E-state index in [-0.39, 0.29) is 12.2 Å². The molecule has 0 aromatic heterocycles. The zero-order valence-corrected chi connectivity index (χ0v) is 7.59. The predicted octanol–water partition coefficient (Wildman–Crippen LogP) is 1.52. The fourth-order valence-corrected chi connectivity index (χ4v) is 1.22. The molecule has 1 saturated heterocycles. The minimum absolute atomic E-state index is 0.117. The first kappa shape index (κ1) is 8.97. The van der Waals surface area contributed by atoms with Crippen LogP contribution in [0.4, 0.5) is 0 Å². The van der Waals surface area contributed by atoms with Crippen LogP contribution in [0.1, 0.15) is 27.7 Å². The summed E-state index contributed by atoms with van der Waals surface area (Å²) in [5.74, 6) is -0.812. The molecule has 11 heavy (non-hydrogen) atoms. The van der Waals surface area contributed by atoms with Crippen molar-refractivity contribution in [3.8, 4) is 0 Å². The molecule has 1 unspecified atom stereocenters. The van der Waals surface area contributed by atoms with Gasteiger partial charge in [-0.1, -0.05) is 0 Å². The summed E-state index contributed by atoms with van der Waals surface area (Å²) in [4.78, 5) is 0. The lowest BCUT2D eigenvalue weighted by Crippen LogP contribution is -2.30. The van der Waals surface area contributed by atoms with Crippen LogP contribution in [0, 0.1) is 0 Å². The summed E-state index contributed by atoms with van der Waals surface area (Å²) < 4.78 is 16.2. The molecular weight excluding hydrogens is 144 g/mol. The van der Waals surface area contributed by atoms with Crippen molar-refractivity contribution in [1.29, 1.82) is 0 Å². The summed E-state index contributed by atoms with van der Waals surface area (Å²) in [6.07, 6.45) is 0.234. The van der Waals surface area contributed by atoms with E-state index in [1.54, 1.807) is 6.92 Å². The van der Waals surface area contributed by atoms with E-state index in [1.807, 2.05) is 20.8 Å². The zero-order chi connectivity index (χ0) is 8.48. The van der Waals surface area contributed by atoms with Crippen LogP contribution in [0.3, 0.4) is 0 Å². The van der Waals surface area contributed by atoms with Crippen molar-refractivity contribution < 1.29 is 14.2 Å². The van der Waals surface area contributed by atoms with Crippen LogP contribution in [-0.4, -0.2) is 24.8 Å². The maximum absolute atomic E-state index is 5.46. The van der Waals surface area contributed by atoms with E-state index in [9.17, 15) is 0 Å². The van der Waals surface area contributed by atoms with E-state index < -0.39 is 5.97 Å². The Morgan fingerprint density at radius 1 is 1.27 bits per heavy atom. The molecule has 0 radical (unpaired) electrons. The highest BCUT2D eigenvalue weighted by molar-refractivity contribution is 4.71. The molecule has 3 heteroatoms. The van der Waals surface area contributed by atoms with Crippen LogP contribution in [0.2, 0.25) is 0 Å². The number of ether oxygens (including phenoxy) is 3. The molecule has 0 bridgehead atoms. The van der Waals surface area contributed by atoms with Crippen LogP contribution >= 0.6 is 0 Å². The molecule has 0 saturated carbocycles. The standard InChI is InChI=1S/C8H16O3/c1-5-9-8(4)10-6(2)7(3)11-8/h6-7H,5H2,1-4H3/t6-,7+,8?. The minimum atomic E-state index is -0.812. The Kier molecular flexibility index (Phi) is 2.52. The van der Waals surface area contributed by atoms with Crippen molar-refractivity contribution >= 4 is 0 Å². The molecule has 0 aromatic rings. The van der Waals surface area contributed by atoms with E-state index >= 15 is 0 Å². The van der Waals surface area contributed by atoms with Gasteiger partial charge in [0.2, 0.25) is 0 Å². The maximum Gasteiger partial charge on any atom is 0.280 e. The molecule has 3 nitrogen and oxygen atoms in total. The van der Waals surface area contributed by atoms with Gasteiger partial charge < -0.3 is 14.2 Å². The molecular formula is C8H16O3. The van der Waals surface area contributed by atoms with Gasteiger partial charge in [0.15, 0.2) is 0 Å². The molecule has 1 aliphatic rings. The van der Waals surface area contributed by atoms with E-state index in [4.69, 9.17) is 14.2 Å². The minimum Gasteiger partial charge on any atom is -0.328 e. The lowest BCUT2D eigenvalue weighted by atomic mass is 10.3. The van der Waals surface area contributed by atoms with Crippen LogP contribution < -0.4 is 0 Å². The molecule has 1 aliphatic heterocycles. The third kappa shape index (κ3) is 1.92. The second kappa shape index (κ2) is 3.09. The Balaban J connectivity index is 2.49. The first-order chi connectivity index (χ1) is 5.07.